The standard InChI is InChI=1S/C18H14ClN3O/c1-21-18(23)13-5-6-15(19)14(8-13)17-9-12-4-3-11(10-20)7-16(12)22(17)2/h3-9H,1-2H3,(H,21,23). The number of carbonyl (C=O) groups is 1. The molecule has 0 atom stereocenters. The Hall–Kier alpha value is -2.77. The number of nitrogens with zero attached hydrogens (tertiary/aromatic N) is 2. The quantitative estimate of drug-likeness (QED) is 0.781. The molecule has 4 nitrogen and oxygen atoms in total. The second kappa shape index (κ2) is 5.79. The highest BCUT2D eigenvalue weighted by Crippen LogP contribution is 2.33. The highest BCUT2D eigenvalue weighted by molar-refractivity contribution is 6.33. The molecule has 0 unspecified atom stereocenters. The lowest BCUT2D eigenvalue weighted by Crippen LogP contribution is -2.17. The van der Waals surface area contributed by atoms with Gasteiger partial charge in [-0.2, -0.15) is 5.26 Å². The van der Waals surface area contributed by atoms with E-state index in [1.54, 1.807) is 31.3 Å². The van der Waals surface area contributed by atoms with E-state index in [1.807, 2.05) is 29.8 Å². The van der Waals surface area contributed by atoms with Crippen LogP contribution in [0.3, 0.4) is 0 Å². The summed E-state index contributed by atoms with van der Waals surface area (Å²) in [6.07, 6.45) is 0. The third-order valence-corrected chi connectivity index (χ3v) is 4.24. The summed E-state index contributed by atoms with van der Waals surface area (Å²) in [6.45, 7) is 0. The topological polar surface area (TPSA) is 57.8 Å². The number of benzene rings is 2. The second-order valence-corrected chi connectivity index (χ2v) is 5.65. The molecule has 114 valence electrons. The Labute approximate surface area is 138 Å². The lowest BCUT2D eigenvalue weighted by molar-refractivity contribution is 0.0963. The summed E-state index contributed by atoms with van der Waals surface area (Å²) in [5, 5.41) is 13.3. The van der Waals surface area contributed by atoms with E-state index in [1.165, 1.54) is 0 Å². The summed E-state index contributed by atoms with van der Waals surface area (Å²) < 4.78 is 1.98. The third kappa shape index (κ3) is 2.56. The van der Waals surface area contributed by atoms with Crippen molar-refractivity contribution in [3.63, 3.8) is 0 Å². The minimum absolute atomic E-state index is 0.159. The molecule has 0 saturated carbocycles. The van der Waals surface area contributed by atoms with E-state index < -0.39 is 0 Å². The van der Waals surface area contributed by atoms with Crippen molar-refractivity contribution in [2.75, 3.05) is 7.05 Å². The second-order valence-electron chi connectivity index (χ2n) is 5.25. The first-order valence-electron chi connectivity index (χ1n) is 7.06. The minimum atomic E-state index is -0.159. The fraction of sp³-hybridized carbons (Fsp3) is 0.111. The number of rotatable bonds is 2. The molecule has 0 aliphatic carbocycles. The fourth-order valence-electron chi connectivity index (χ4n) is 2.67. The Balaban J connectivity index is 2.23. The van der Waals surface area contributed by atoms with E-state index in [9.17, 15) is 4.79 Å². The van der Waals surface area contributed by atoms with Gasteiger partial charge >= 0.3 is 0 Å². The van der Waals surface area contributed by atoms with Gasteiger partial charge in [0.25, 0.3) is 5.91 Å². The number of nitrogens with one attached hydrogen (secondary N) is 1. The van der Waals surface area contributed by atoms with E-state index in [4.69, 9.17) is 16.9 Å². The number of aryl methyl sites for hydroxylation is 1. The molecule has 1 N–H and O–H groups in total. The Kier molecular flexibility index (Phi) is 3.81. The molecule has 1 aromatic heterocycles. The molecule has 1 heterocycles. The van der Waals surface area contributed by atoms with Crippen LogP contribution >= 0.6 is 11.6 Å². The molecular weight excluding hydrogens is 310 g/mol. The molecule has 3 aromatic rings. The maximum absolute atomic E-state index is 11.9. The van der Waals surface area contributed by atoms with E-state index in [-0.39, 0.29) is 5.91 Å². The van der Waals surface area contributed by atoms with Gasteiger partial charge in [0.1, 0.15) is 0 Å². The minimum Gasteiger partial charge on any atom is -0.355 e. The summed E-state index contributed by atoms with van der Waals surface area (Å²) in [7, 11) is 3.51. The van der Waals surface area contributed by atoms with Crippen molar-refractivity contribution in [1.82, 2.24) is 9.88 Å². The van der Waals surface area contributed by atoms with Crippen molar-refractivity contribution in [2.24, 2.45) is 7.05 Å². The maximum atomic E-state index is 11.9. The fourth-order valence-corrected chi connectivity index (χ4v) is 2.88. The van der Waals surface area contributed by atoms with Gasteiger partial charge in [-0.25, -0.2) is 0 Å². The lowest BCUT2D eigenvalue weighted by Gasteiger charge is -2.09. The highest BCUT2D eigenvalue weighted by Gasteiger charge is 2.14. The van der Waals surface area contributed by atoms with Crippen LogP contribution in [-0.2, 0) is 7.05 Å². The summed E-state index contributed by atoms with van der Waals surface area (Å²) in [5.41, 5.74) is 3.78. The first kappa shape index (κ1) is 15.1. The van der Waals surface area contributed by atoms with Crippen LogP contribution in [0, 0.1) is 11.3 Å². The summed E-state index contributed by atoms with van der Waals surface area (Å²) in [5.74, 6) is -0.159. The summed E-state index contributed by atoms with van der Waals surface area (Å²) >= 11 is 6.34. The molecule has 23 heavy (non-hydrogen) atoms. The molecule has 1 amide bonds. The zero-order chi connectivity index (χ0) is 16.6. The van der Waals surface area contributed by atoms with Gasteiger partial charge in [0.15, 0.2) is 0 Å². The maximum Gasteiger partial charge on any atom is 0.251 e. The Morgan fingerprint density at radius 1 is 1.22 bits per heavy atom. The predicted molar refractivity (Wildman–Crippen MR) is 91.5 cm³/mol. The number of amides is 1. The smallest absolute Gasteiger partial charge is 0.251 e. The van der Waals surface area contributed by atoms with Gasteiger partial charge in [-0.15, -0.1) is 0 Å². The Bertz CT molecular complexity index is 966. The largest absolute Gasteiger partial charge is 0.355 e. The molecule has 0 spiro atoms. The van der Waals surface area contributed by atoms with Gasteiger partial charge in [-0.3, -0.25) is 4.79 Å². The van der Waals surface area contributed by atoms with Crippen molar-refractivity contribution >= 4 is 28.4 Å². The average Bonchev–Trinajstić information content (AvgIpc) is 2.90. The molecule has 0 aliphatic rings. The van der Waals surface area contributed by atoms with Gasteiger partial charge in [0.05, 0.1) is 17.3 Å². The highest BCUT2D eigenvalue weighted by atomic mass is 35.5. The number of hydrogen-bond acceptors (Lipinski definition) is 2. The zero-order valence-corrected chi connectivity index (χ0v) is 13.5. The van der Waals surface area contributed by atoms with Crippen LogP contribution in [0.4, 0.5) is 0 Å². The van der Waals surface area contributed by atoms with Crippen molar-refractivity contribution < 1.29 is 4.79 Å². The number of halogens is 1. The third-order valence-electron chi connectivity index (χ3n) is 3.91. The van der Waals surface area contributed by atoms with Crippen LogP contribution in [0.2, 0.25) is 5.02 Å². The van der Waals surface area contributed by atoms with Crippen LogP contribution in [0.15, 0.2) is 42.5 Å². The molecule has 3 rings (SSSR count). The zero-order valence-electron chi connectivity index (χ0n) is 12.7. The van der Waals surface area contributed by atoms with Crippen molar-refractivity contribution in [2.45, 2.75) is 0 Å². The lowest BCUT2D eigenvalue weighted by atomic mass is 10.1. The van der Waals surface area contributed by atoms with E-state index in [0.29, 0.717) is 16.1 Å². The molecule has 5 heteroatoms. The SMILES string of the molecule is CNC(=O)c1ccc(Cl)c(-c2cc3ccc(C#N)cc3n2C)c1. The van der Waals surface area contributed by atoms with Crippen molar-refractivity contribution in [3.8, 4) is 17.3 Å². The van der Waals surface area contributed by atoms with Crippen LogP contribution < -0.4 is 5.32 Å². The molecular formula is C18H14ClN3O. The van der Waals surface area contributed by atoms with Crippen LogP contribution in [0.5, 0.6) is 0 Å². The Morgan fingerprint density at radius 3 is 2.70 bits per heavy atom. The molecule has 0 saturated heterocycles. The van der Waals surface area contributed by atoms with E-state index in [2.05, 4.69) is 11.4 Å². The molecule has 0 radical (unpaired) electrons. The van der Waals surface area contributed by atoms with Crippen LogP contribution in [0.25, 0.3) is 22.2 Å². The van der Waals surface area contributed by atoms with Gasteiger partial charge in [-0.05, 0) is 36.4 Å². The van der Waals surface area contributed by atoms with Gasteiger partial charge in [0, 0.05) is 41.1 Å². The number of aromatic nitrogens is 1. The number of carbonyl (C=O) groups excluding carboxylic acids is 1. The average molecular weight is 324 g/mol. The monoisotopic (exact) mass is 323 g/mol. The number of nitriles is 1. The van der Waals surface area contributed by atoms with Gasteiger partial charge in [0.2, 0.25) is 0 Å². The Morgan fingerprint density at radius 2 is 2.00 bits per heavy atom. The van der Waals surface area contributed by atoms with Crippen molar-refractivity contribution in [1.29, 1.82) is 5.26 Å². The molecule has 2 aromatic carbocycles. The first-order chi connectivity index (χ1) is 11.0. The van der Waals surface area contributed by atoms with Crippen LogP contribution in [-0.4, -0.2) is 17.5 Å². The molecule has 0 bridgehead atoms. The summed E-state index contributed by atoms with van der Waals surface area (Å²) in [6, 6.07) is 14.9. The van der Waals surface area contributed by atoms with Crippen LogP contribution in [0.1, 0.15) is 15.9 Å². The summed E-state index contributed by atoms with van der Waals surface area (Å²) in [4.78, 5) is 11.9. The number of hydrogen-bond donors (Lipinski definition) is 1. The van der Waals surface area contributed by atoms with E-state index >= 15 is 0 Å². The molecule has 0 aliphatic heterocycles. The van der Waals surface area contributed by atoms with Gasteiger partial charge < -0.3 is 9.88 Å². The molecule has 0 fully saturated rings. The first-order valence-corrected chi connectivity index (χ1v) is 7.44. The van der Waals surface area contributed by atoms with Crippen molar-refractivity contribution in [3.05, 3.63) is 58.6 Å². The van der Waals surface area contributed by atoms with Gasteiger partial charge in [-0.1, -0.05) is 17.7 Å². The normalized spacial score (nSPS) is 10.5. The predicted octanol–water partition coefficient (Wildman–Crippen LogP) is 3.73. The number of fused-ring (bicyclic) bond motifs is 1. The van der Waals surface area contributed by atoms with E-state index in [0.717, 1.165) is 22.2 Å².